The Labute approximate surface area is 212 Å². The van der Waals surface area contributed by atoms with Crippen LogP contribution < -0.4 is 20.7 Å². The first-order valence-electron chi connectivity index (χ1n) is 11.5. The van der Waals surface area contributed by atoms with Gasteiger partial charge in [0.1, 0.15) is 17.5 Å². The number of aromatic nitrogens is 1. The Hall–Kier alpha value is -3.23. The lowest BCUT2D eigenvalue weighted by Gasteiger charge is -2.33. The number of carbonyl (C=O) groups is 2. The van der Waals surface area contributed by atoms with Crippen LogP contribution in [0, 0.1) is 0 Å². The summed E-state index contributed by atoms with van der Waals surface area (Å²) < 4.78 is 5.95. The van der Waals surface area contributed by atoms with Crippen LogP contribution in [0.1, 0.15) is 23.3 Å². The minimum atomic E-state index is -0.215. The van der Waals surface area contributed by atoms with Gasteiger partial charge in [0.15, 0.2) is 0 Å². The molecule has 1 atom stereocenters. The Kier molecular flexibility index (Phi) is 6.83. The summed E-state index contributed by atoms with van der Waals surface area (Å²) in [5.74, 6) is 0.509. The lowest BCUT2D eigenvalue weighted by atomic mass is 10.0. The van der Waals surface area contributed by atoms with E-state index in [1.165, 1.54) is 0 Å². The minimum Gasteiger partial charge on any atom is -0.485 e. The van der Waals surface area contributed by atoms with Crippen molar-refractivity contribution in [2.24, 2.45) is 0 Å². The molecule has 5 rings (SSSR count). The third kappa shape index (κ3) is 5.55. The predicted molar refractivity (Wildman–Crippen MR) is 137 cm³/mol. The van der Waals surface area contributed by atoms with E-state index in [1.54, 1.807) is 29.2 Å². The summed E-state index contributed by atoms with van der Waals surface area (Å²) in [4.78, 5) is 31.6. The van der Waals surface area contributed by atoms with Crippen molar-refractivity contribution < 1.29 is 14.3 Å². The van der Waals surface area contributed by atoms with Crippen LogP contribution in [0.25, 0.3) is 10.9 Å². The van der Waals surface area contributed by atoms with E-state index >= 15 is 0 Å². The maximum Gasteiger partial charge on any atom is 0.317 e. The molecule has 3 N–H and O–H groups in total. The number of carbonyl (C=O) groups excluding carboxylic acids is 2. The summed E-state index contributed by atoms with van der Waals surface area (Å²) in [6, 6.07) is 14.2. The summed E-state index contributed by atoms with van der Waals surface area (Å²) in [5, 5.41) is 11.4. The molecule has 2 aromatic carbocycles. The second-order valence-electron chi connectivity index (χ2n) is 8.72. The Morgan fingerprint density at radius 1 is 1.06 bits per heavy atom. The van der Waals surface area contributed by atoms with E-state index in [9.17, 15) is 9.59 Å². The van der Waals surface area contributed by atoms with Crippen molar-refractivity contribution in [3.63, 3.8) is 0 Å². The zero-order chi connectivity index (χ0) is 24.4. The summed E-state index contributed by atoms with van der Waals surface area (Å²) in [7, 11) is 0. The van der Waals surface area contributed by atoms with Crippen LogP contribution in [-0.4, -0.2) is 60.1 Å². The summed E-state index contributed by atoms with van der Waals surface area (Å²) in [5.41, 5.74) is 1.94. The number of nitrogens with zero attached hydrogens (tertiary/aromatic N) is 2. The van der Waals surface area contributed by atoms with Crippen LogP contribution >= 0.6 is 23.2 Å². The van der Waals surface area contributed by atoms with Crippen molar-refractivity contribution in [1.82, 2.24) is 20.5 Å². The number of rotatable bonds is 4. The number of fused-ring (bicyclic) bond motifs is 2. The smallest absolute Gasteiger partial charge is 0.317 e. The first-order valence-corrected chi connectivity index (χ1v) is 12.3. The average Bonchev–Trinajstić information content (AvgIpc) is 2.87. The molecular weight excluding hydrogens is 489 g/mol. The van der Waals surface area contributed by atoms with E-state index in [0.717, 1.165) is 22.3 Å². The number of likely N-dealkylation sites (tertiary alicyclic amines) is 1. The van der Waals surface area contributed by atoms with Gasteiger partial charge in [-0.1, -0.05) is 29.3 Å². The molecule has 1 aromatic heterocycles. The maximum absolute atomic E-state index is 12.7. The van der Waals surface area contributed by atoms with Gasteiger partial charge >= 0.3 is 6.03 Å². The van der Waals surface area contributed by atoms with Crippen molar-refractivity contribution in [3.05, 3.63) is 64.3 Å². The minimum absolute atomic E-state index is 0.0107. The molecule has 0 spiro atoms. The maximum atomic E-state index is 12.7. The Bertz CT molecular complexity index is 1260. The first kappa shape index (κ1) is 23.5. The third-order valence-electron chi connectivity index (χ3n) is 6.24. The monoisotopic (exact) mass is 513 g/mol. The fourth-order valence-electron chi connectivity index (χ4n) is 4.32. The van der Waals surface area contributed by atoms with Crippen molar-refractivity contribution in [1.29, 1.82) is 0 Å². The molecule has 2 aliphatic rings. The van der Waals surface area contributed by atoms with E-state index in [1.807, 2.05) is 24.3 Å². The molecule has 1 unspecified atom stereocenters. The molecule has 10 heteroatoms. The van der Waals surface area contributed by atoms with Gasteiger partial charge < -0.3 is 25.6 Å². The van der Waals surface area contributed by atoms with Gasteiger partial charge in [-0.2, -0.15) is 0 Å². The van der Waals surface area contributed by atoms with E-state index in [-0.39, 0.29) is 24.1 Å². The van der Waals surface area contributed by atoms with Crippen LogP contribution in [0.2, 0.25) is 10.0 Å². The number of nitrogens with one attached hydrogen (secondary N) is 3. The molecule has 35 heavy (non-hydrogen) atoms. The topological polar surface area (TPSA) is 95.6 Å². The second-order valence-corrected chi connectivity index (χ2v) is 9.59. The standard InChI is InChI=1S/C25H25Cl2N5O3/c26-16-2-5-20-15(11-16)1-4-21(31-20)24(33)30-18-7-9-32(10-8-18)25(34)29-14-19-13-28-22-12-17(27)3-6-23(22)35-19/h1-6,11-12,18-19,28H,7-10,13-14H2,(H,29,34)(H,30,33). The van der Waals surface area contributed by atoms with Crippen LogP contribution in [0.3, 0.4) is 0 Å². The quantitative estimate of drug-likeness (QED) is 0.482. The van der Waals surface area contributed by atoms with Gasteiger partial charge in [0.05, 0.1) is 24.3 Å². The highest BCUT2D eigenvalue weighted by Gasteiger charge is 2.26. The Morgan fingerprint density at radius 2 is 1.83 bits per heavy atom. The highest BCUT2D eigenvalue weighted by molar-refractivity contribution is 6.31. The fourth-order valence-corrected chi connectivity index (χ4v) is 4.68. The molecule has 3 heterocycles. The zero-order valence-electron chi connectivity index (χ0n) is 18.9. The average molecular weight is 514 g/mol. The number of benzene rings is 2. The van der Waals surface area contributed by atoms with Crippen LogP contribution in [0.4, 0.5) is 10.5 Å². The molecule has 0 bridgehead atoms. The van der Waals surface area contributed by atoms with E-state index < -0.39 is 0 Å². The third-order valence-corrected chi connectivity index (χ3v) is 6.71. The van der Waals surface area contributed by atoms with Gasteiger partial charge in [-0.25, -0.2) is 9.78 Å². The number of halogens is 2. The SMILES string of the molecule is O=C(NC1CCN(C(=O)NCC2CNc3cc(Cl)ccc3O2)CC1)c1ccc2cc(Cl)ccc2n1. The molecule has 3 aromatic rings. The number of amides is 3. The Morgan fingerprint density at radius 3 is 2.66 bits per heavy atom. The van der Waals surface area contributed by atoms with Crippen LogP contribution in [-0.2, 0) is 0 Å². The highest BCUT2D eigenvalue weighted by Crippen LogP contribution is 2.31. The molecule has 182 valence electrons. The van der Waals surface area contributed by atoms with Gasteiger partial charge in [0.2, 0.25) is 0 Å². The predicted octanol–water partition coefficient (Wildman–Crippen LogP) is 4.32. The number of urea groups is 1. The second kappa shape index (κ2) is 10.2. The molecular formula is C25H25Cl2N5O3. The summed E-state index contributed by atoms with van der Waals surface area (Å²) in [6.07, 6.45) is 1.19. The van der Waals surface area contributed by atoms with E-state index in [2.05, 4.69) is 20.9 Å². The number of anilines is 1. The van der Waals surface area contributed by atoms with Crippen LogP contribution in [0.5, 0.6) is 5.75 Å². The number of pyridine rings is 1. The number of hydrogen-bond acceptors (Lipinski definition) is 5. The lowest BCUT2D eigenvalue weighted by Crippen LogP contribution is -2.51. The van der Waals surface area contributed by atoms with E-state index in [4.69, 9.17) is 27.9 Å². The molecule has 1 fully saturated rings. The van der Waals surface area contributed by atoms with Gasteiger partial charge in [-0.15, -0.1) is 0 Å². The zero-order valence-corrected chi connectivity index (χ0v) is 20.4. The normalized spacial score (nSPS) is 17.8. The van der Waals surface area contributed by atoms with Crippen molar-refractivity contribution in [2.75, 3.05) is 31.5 Å². The largest absolute Gasteiger partial charge is 0.485 e. The molecule has 0 radical (unpaired) electrons. The summed E-state index contributed by atoms with van der Waals surface area (Å²) in [6.45, 7) is 2.10. The molecule has 0 aliphatic carbocycles. The number of piperidine rings is 1. The lowest BCUT2D eigenvalue weighted by molar-refractivity contribution is 0.0912. The van der Waals surface area contributed by atoms with E-state index in [0.29, 0.717) is 54.8 Å². The van der Waals surface area contributed by atoms with Gasteiger partial charge in [0, 0.05) is 34.6 Å². The summed E-state index contributed by atoms with van der Waals surface area (Å²) >= 11 is 12.0. The molecule has 2 aliphatic heterocycles. The van der Waals surface area contributed by atoms with Crippen molar-refractivity contribution in [2.45, 2.75) is 25.0 Å². The van der Waals surface area contributed by atoms with Gasteiger partial charge in [0.25, 0.3) is 5.91 Å². The first-order chi connectivity index (χ1) is 16.9. The van der Waals surface area contributed by atoms with Crippen molar-refractivity contribution in [3.8, 4) is 5.75 Å². The molecule has 1 saturated heterocycles. The number of ether oxygens (including phenoxy) is 1. The van der Waals surface area contributed by atoms with Crippen LogP contribution in [0.15, 0.2) is 48.5 Å². The molecule has 8 nitrogen and oxygen atoms in total. The molecule has 0 saturated carbocycles. The van der Waals surface area contributed by atoms with Gasteiger partial charge in [-0.05, 0) is 55.3 Å². The molecule has 3 amide bonds. The number of hydrogen-bond donors (Lipinski definition) is 3. The van der Waals surface area contributed by atoms with Crippen molar-refractivity contribution >= 4 is 51.7 Å². The Balaban J connectivity index is 1.07. The highest BCUT2D eigenvalue weighted by atomic mass is 35.5. The van der Waals surface area contributed by atoms with Gasteiger partial charge in [-0.3, -0.25) is 4.79 Å². The fraction of sp³-hybridized carbons (Fsp3) is 0.320.